The molecule has 2 bridgehead atoms. The lowest BCUT2D eigenvalue weighted by Gasteiger charge is -2.19. The predicted octanol–water partition coefficient (Wildman–Crippen LogP) is 1.67. The second kappa shape index (κ2) is 2.10. The Morgan fingerprint density at radius 2 is 2.27 bits per heavy atom. The fourth-order valence-electron chi connectivity index (χ4n) is 2.57. The van der Waals surface area contributed by atoms with Crippen molar-refractivity contribution in [1.29, 1.82) is 0 Å². The van der Waals surface area contributed by atoms with Crippen LogP contribution in [0.2, 0.25) is 0 Å². The highest BCUT2D eigenvalue weighted by molar-refractivity contribution is 5.75. The summed E-state index contributed by atoms with van der Waals surface area (Å²) < 4.78 is 0. The molecule has 3 unspecified atom stereocenters. The smallest absolute Gasteiger partial charge is 0.310 e. The van der Waals surface area contributed by atoms with Crippen molar-refractivity contribution >= 4 is 5.97 Å². The molecule has 2 heteroatoms. The zero-order valence-corrected chi connectivity index (χ0v) is 6.42. The maximum atomic E-state index is 10.7. The van der Waals surface area contributed by atoms with Gasteiger partial charge in [-0.05, 0) is 31.1 Å². The number of rotatable bonds is 1. The molecular weight excluding hydrogens is 140 g/mol. The summed E-state index contributed by atoms with van der Waals surface area (Å²) in [5, 5.41) is 8.84. The number of carboxylic acids is 1. The molecule has 2 fully saturated rings. The van der Waals surface area contributed by atoms with Crippen LogP contribution in [0, 0.1) is 17.8 Å². The maximum absolute atomic E-state index is 10.7. The number of fused-ring (bicyclic) bond motifs is 2. The van der Waals surface area contributed by atoms with Gasteiger partial charge in [-0.1, -0.05) is 12.2 Å². The Labute approximate surface area is 65.9 Å². The van der Waals surface area contributed by atoms with Crippen LogP contribution in [0.4, 0.5) is 0 Å². The van der Waals surface area contributed by atoms with Crippen LogP contribution in [0.1, 0.15) is 19.3 Å². The van der Waals surface area contributed by atoms with Crippen molar-refractivity contribution in [3.8, 4) is 0 Å². The van der Waals surface area contributed by atoms with Gasteiger partial charge in [0.15, 0.2) is 0 Å². The normalized spacial score (nSPS) is 41.5. The van der Waals surface area contributed by atoms with Gasteiger partial charge in [0.1, 0.15) is 0 Å². The highest BCUT2D eigenvalue weighted by Gasteiger charge is 2.45. The highest BCUT2D eigenvalue weighted by Crippen LogP contribution is 2.51. The van der Waals surface area contributed by atoms with Crippen molar-refractivity contribution in [2.45, 2.75) is 19.3 Å². The van der Waals surface area contributed by atoms with Crippen LogP contribution >= 0.6 is 0 Å². The number of hydrogen-bond donors (Lipinski definition) is 1. The van der Waals surface area contributed by atoms with E-state index in [-0.39, 0.29) is 5.92 Å². The summed E-state index contributed by atoms with van der Waals surface area (Å²) in [6, 6.07) is 0. The van der Waals surface area contributed by atoms with Gasteiger partial charge in [-0.3, -0.25) is 4.79 Å². The minimum atomic E-state index is -0.665. The van der Waals surface area contributed by atoms with Gasteiger partial charge in [0, 0.05) is 0 Å². The molecule has 0 heterocycles. The summed E-state index contributed by atoms with van der Waals surface area (Å²) in [5.74, 6) is 0.0575. The average molecular weight is 152 g/mol. The van der Waals surface area contributed by atoms with E-state index >= 15 is 0 Å². The van der Waals surface area contributed by atoms with Gasteiger partial charge in [-0.15, -0.1) is 0 Å². The third-order valence-electron chi connectivity index (χ3n) is 3.13. The molecule has 60 valence electrons. The van der Waals surface area contributed by atoms with Gasteiger partial charge >= 0.3 is 5.97 Å². The van der Waals surface area contributed by atoms with Crippen LogP contribution < -0.4 is 0 Å². The lowest BCUT2D eigenvalue weighted by Crippen LogP contribution is -2.21. The second-order valence-corrected chi connectivity index (χ2v) is 3.66. The van der Waals surface area contributed by atoms with Crippen LogP contribution in [0.25, 0.3) is 0 Å². The Hall–Kier alpha value is -0.790. The molecule has 0 saturated heterocycles. The Bertz CT molecular complexity index is 220. The summed E-state index contributed by atoms with van der Waals surface area (Å²) >= 11 is 0. The van der Waals surface area contributed by atoms with Gasteiger partial charge in [0.05, 0.1) is 5.92 Å². The van der Waals surface area contributed by atoms with Crippen molar-refractivity contribution in [1.82, 2.24) is 0 Å². The Kier molecular flexibility index (Phi) is 1.31. The van der Waals surface area contributed by atoms with Crippen LogP contribution in [-0.2, 0) is 4.79 Å². The molecule has 0 aromatic rings. The largest absolute Gasteiger partial charge is 0.481 e. The zero-order valence-electron chi connectivity index (χ0n) is 6.42. The molecule has 3 atom stereocenters. The van der Waals surface area contributed by atoms with E-state index in [9.17, 15) is 4.79 Å². The van der Waals surface area contributed by atoms with Crippen molar-refractivity contribution in [2.75, 3.05) is 0 Å². The fraction of sp³-hybridized carbons (Fsp3) is 0.667. The van der Waals surface area contributed by atoms with Gasteiger partial charge < -0.3 is 5.11 Å². The van der Waals surface area contributed by atoms with Gasteiger partial charge in [-0.2, -0.15) is 0 Å². The molecule has 2 aliphatic carbocycles. The highest BCUT2D eigenvalue weighted by atomic mass is 16.4. The number of carbonyl (C=O) groups is 1. The van der Waals surface area contributed by atoms with E-state index in [4.69, 9.17) is 5.11 Å². The molecule has 0 amide bonds. The molecule has 11 heavy (non-hydrogen) atoms. The lowest BCUT2D eigenvalue weighted by atomic mass is 9.85. The Balaban J connectivity index is 2.24. The van der Waals surface area contributed by atoms with Crippen molar-refractivity contribution in [2.24, 2.45) is 17.8 Å². The first kappa shape index (κ1) is 6.89. The quantitative estimate of drug-likeness (QED) is 0.580. The molecular formula is C9H12O2. The first-order valence-electron chi connectivity index (χ1n) is 4.11. The Morgan fingerprint density at radius 1 is 1.55 bits per heavy atom. The summed E-state index contributed by atoms with van der Waals surface area (Å²) in [6.45, 7) is 3.86. The van der Waals surface area contributed by atoms with Crippen molar-refractivity contribution in [3.63, 3.8) is 0 Å². The molecule has 2 nitrogen and oxygen atoms in total. The Morgan fingerprint density at radius 3 is 2.64 bits per heavy atom. The van der Waals surface area contributed by atoms with E-state index in [1.165, 1.54) is 6.42 Å². The van der Waals surface area contributed by atoms with Gasteiger partial charge in [0.2, 0.25) is 0 Å². The minimum Gasteiger partial charge on any atom is -0.481 e. The molecule has 0 aliphatic heterocycles. The van der Waals surface area contributed by atoms with E-state index in [0.29, 0.717) is 11.8 Å². The zero-order chi connectivity index (χ0) is 8.01. The van der Waals surface area contributed by atoms with Crippen molar-refractivity contribution < 1.29 is 9.90 Å². The molecule has 1 N–H and O–H groups in total. The predicted molar refractivity (Wildman–Crippen MR) is 41.1 cm³/mol. The van der Waals surface area contributed by atoms with Gasteiger partial charge in [-0.25, -0.2) is 0 Å². The van der Waals surface area contributed by atoms with E-state index in [2.05, 4.69) is 6.58 Å². The molecule has 0 spiro atoms. The average Bonchev–Trinajstić information content (AvgIpc) is 2.44. The second-order valence-electron chi connectivity index (χ2n) is 3.66. The number of hydrogen-bond acceptors (Lipinski definition) is 1. The fourth-order valence-corrected chi connectivity index (χ4v) is 2.57. The van der Waals surface area contributed by atoms with Crippen LogP contribution in [-0.4, -0.2) is 11.1 Å². The molecule has 2 aliphatic rings. The molecule has 0 aromatic heterocycles. The summed E-state index contributed by atoms with van der Waals surface area (Å²) in [4.78, 5) is 10.7. The van der Waals surface area contributed by atoms with Crippen LogP contribution in [0.15, 0.2) is 12.2 Å². The first-order chi connectivity index (χ1) is 5.20. The van der Waals surface area contributed by atoms with Gasteiger partial charge in [0.25, 0.3) is 0 Å². The molecule has 2 rings (SSSR count). The topological polar surface area (TPSA) is 37.3 Å². The summed E-state index contributed by atoms with van der Waals surface area (Å²) in [5.41, 5.74) is 0.980. The van der Waals surface area contributed by atoms with E-state index in [1.807, 2.05) is 0 Å². The number of aliphatic carboxylic acids is 1. The maximum Gasteiger partial charge on any atom is 0.310 e. The summed E-state index contributed by atoms with van der Waals surface area (Å²) in [7, 11) is 0. The monoisotopic (exact) mass is 152 g/mol. The SMILES string of the molecule is C=C1C2CCC(C2)C1C(=O)O. The molecule has 2 saturated carbocycles. The van der Waals surface area contributed by atoms with Crippen LogP contribution in [0.3, 0.4) is 0 Å². The summed E-state index contributed by atoms with van der Waals surface area (Å²) in [6.07, 6.45) is 3.35. The third kappa shape index (κ3) is 0.817. The standard InChI is InChI=1S/C9H12O2/c1-5-6-2-3-7(4-6)8(5)9(10)11/h6-8H,1-4H2,(H,10,11). The molecule has 0 aromatic carbocycles. The van der Waals surface area contributed by atoms with E-state index in [0.717, 1.165) is 18.4 Å². The van der Waals surface area contributed by atoms with Crippen molar-refractivity contribution in [3.05, 3.63) is 12.2 Å². The minimum absolute atomic E-state index is 0.214. The lowest BCUT2D eigenvalue weighted by molar-refractivity contribution is -0.141. The third-order valence-corrected chi connectivity index (χ3v) is 3.13. The van der Waals surface area contributed by atoms with Crippen LogP contribution in [0.5, 0.6) is 0 Å². The van der Waals surface area contributed by atoms with E-state index < -0.39 is 5.97 Å². The first-order valence-corrected chi connectivity index (χ1v) is 4.11. The van der Waals surface area contributed by atoms with E-state index in [1.54, 1.807) is 0 Å². The molecule has 0 radical (unpaired) electrons. The number of carboxylic acid groups (broad SMARTS) is 1.